The molecule has 0 fully saturated rings. The highest BCUT2D eigenvalue weighted by molar-refractivity contribution is 5.85. The SMILES string of the molecule is CC(C)C(=Nc1ccc([N+](=O)[O-])c(C(F)(F)F)c1)NO. The fourth-order valence-corrected chi connectivity index (χ4v) is 1.40. The molecule has 0 aromatic heterocycles. The highest BCUT2D eigenvalue weighted by Crippen LogP contribution is 2.38. The zero-order chi connectivity index (χ0) is 15.5. The molecule has 1 aromatic carbocycles. The predicted octanol–water partition coefficient (Wildman–Crippen LogP) is 3.28. The van der Waals surface area contributed by atoms with Gasteiger partial charge in [0, 0.05) is 12.0 Å². The van der Waals surface area contributed by atoms with Gasteiger partial charge < -0.3 is 0 Å². The van der Waals surface area contributed by atoms with Crippen molar-refractivity contribution in [3.63, 3.8) is 0 Å². The van der Waals surface area contributed by atoms with Gasteiger partial charge in [-0.2, -0.15) is 13.2 Å². The molecule has 110 valence electrons. The minimum atomic E-state index is -4.86. The van der Waals surface area contributed by atoms with Crippen molar-refractivity contribution in [2.45, 2.75) is 20.0 Å². The zero-order valence-corrected chi connectivity index (χ0v) is 10.6. The fourth-order valence-electron chi connectivity index (χ4n) is 1.40. The second-order valence-electron chi connectivity index (χ2n) is 4.22. The summed E-state index contributed by atoms with van der Waals surface area (Å²) in [7, 11) is 0. The number of benzene rings is 1. The molecule has 9 heteroatoms. The lowest BCUT2D eigenvalue weighted by molar-refractivity contribution is -0.388. The van der Waals surface area contributed by atoms with Gasteiger partial charge in [0.15, 0.2) is 0 Å². The molecule has 0 aliphatic rings. The molecule has 20 heavy (non-hydrogen) atoms. The van der Waals surface area contributed by atoms with E-state index in [1.54, 1.807) is 19.3 Å². The van der Waals surface area contributed by atoms with Gasteiger partial charge in [-0.15, -0.1) is 0 Å². The molecule has 6 nitrogen and oxygen atoms in total. The van der Waals surface area contributed by atoms with Gasteiger partial charge in [-0.1, -0.05) is 13.8 Å². The molecule has 1 rings (SSSR count). The summed E-state index contributed by atoms with van der Waals surface area (Å²) in [5.74, 6) is -0.212. The monoisotopic (exact) mass is 291 g/mol. The average molecular weight is 291 g/mol. The van der Waals surface area contributed by atoms with E-state index < -0.39 is 22.4 Å². The molecule has 0 saturated carbocycles. The summed E-state index contributed by atoms with van der Waals surface area (Å²) >= 11 is 0. The Morgan fingerprint density at radius 3 is 2.45 bits per heavy atom. The van der Waals surface area contributed by atoms with Gasteiger partial charge in [0.1, 0.15) is 11.4 Å². The van der Waals surface area contributed by atoms with Crippen LogP contribution in [-0.4, -0.2) is 16.0 Å². The molecule has 0 amide bonds. The number of amidine groups is 1. The number of nitrogens with zero attached hydrogens (tertiary/aromatic N) is 2. The van der Waals surface area contributed by atoms with E-state index in [9.17, 15) is 23.3 Å². The Balaban J connectivity index is 3.37. The van der Waals surface area contributed by atoms with Crippen LogP contribution in [0, 0.1) is 16.0 Å². The Labute approximate surface area is 112 Å². The molecular weight excluding hydrogens is 279 g/mol. The van der Waals surface area contributed by atoms with E-state index >= 15 is 0 Å². The second kappa shape index (κ2) is 5.87. The molecule has 0 spiro atoms. The average Bonchev–Trinajstić information content (AvgIpc) is 2.34. The summed E-state index contributed by atoms with van der Waals surface area (Å²) in [4.78, 5) is 13.3. The van der Waals surface area contributed by atoms with E-state index in [4.69, 9.17) is 5.21 Å². The first kappa shape index (κ1) is 15.9. The van der Waals surface area contributed by atoms with Gasteiger partial charge in [0.05, 0.1) is 10.6 Å². The number of aliphatic imine (C=N–C) groups is 1. The van der Waals surface area contributed by atoms with Crippen LogP contribution in [0.25, 0.3) is 0 Å². The van der Waals surface area contributed by atoms with E-state index in [2.05, 4.69) is 4.99 Å². The van der Waals surface area contributed by atoms with Gasteiger partial charge in [-0.3, -0.25) is 20.8 Å². The van der Waals surface area contributed by atoms with E-state index in [-0.39, 0.29) is 17.4 Å². The van der Waals surface area contributed by atoms with Crippen molar-refractivity contribution < 1.29 is 23.3 Å². The molecule has 0 unspecified atom stereocenters. The van der Waals surface area contributed by atoms with Crippen LogP contribution >= 0.6 is 0 Å². The Bertz CT molecular complexity index is 541. The van der Waals surface area contributed by atoms with Gasteiger partial charge in [-0.25, -0.2) is 4.99 Å². The van der Waals surface area contributed by atoms with Crippen molar-refractivity contribution >= 4 is 17.2 Å². The minimum Gasteiger partial charge on any atom is -0.290 e. The quantitative estimate of drug-likeness (QED) is 0.387. The normalized spacial score (nSPS) is 12.7. The zero-order valence-electron chi connectivity index (χ0n) is 10.6. The predicted molar refractivity (Wildman–Crippen MR) is 65.0 cm³/mol. The Kier molecular flexibility index (Phi) is 4.66. The Morgan fingerprint density at radius 2 is 2.05 bits per heavy atom. The molecule has 0 aliphatic heterocycles. The molecule has 0 radical (unpaired) electrons. The molecule has 0 heterocycles. The summed E-state index contributed by atoms with van der Waals surface area (Å²) in [5, 5.41) is 19.4. The van der Waals surface area contributed by atoms with E-state index in [1.165, 1.54) is 0 Å². The van der Waals surface area contributed by atoms with Crippen LogP contribution < -0.4 is 5.48 Å². The van der Waals surface area contributed by atoms with Gasteiger partial charge >= 0.3 is 6.18 Å². The second-order valence-corrected chi connectivity index (χ2v) is 4.22. The van der Waals surface area contributed by atoms with Crippen molar-refractivity contribution in [3.05, 3.63) is 33.9 Å². The van der Waals surface area contributed by atoms with Crippen LogP contribution in [0.15, 0.2) is 23.2 Å². The van der Waals surface area contributed by atoms with E-state index in [1.807, 2.05) is 0 Å². The first-order valence-corrected chi connectivity index (χ1v) is 5.51. The van der Waals surface area contributed by atoms with Crippen LogP contribution in [0.3, 0.4) is 0 Å². The van der Waals surface area contributed by atoms with Gasteiger partial charge in [-0.05, 0) is 12.1 Å². The number of nitro benzene ring substituents is 1. The van der Waals surface area contributed by atoms with Crippen LogP contribution in [0.4, 0.5) is 24.5 Å². The maximum absolute atomic E-state index is 12.7. The van der Waals surface area contributed by atoms with Crippen molar-refractivity contribution in [1.82, 2.24) is 5.48 Å². The Morgan fingerprint density at radius 1 is 1.45 bits per heavy atom. The number of hydrogen-bond donors (Lipinski definition) is 2. The summed E-state index contributed by atoms with van der Waals surface area (Å²) in [6.07, 6.45) is -4.86. The topological polar surface area (TPSA) is 87.8 Å². The largest absolute Gasteiger partial charge is 0.423 e. The van der Waals surface area contributed by atoms with Crippen molar-refractivity contribution in [3.8, 4) is 0 Å². The molecular formula is C11H12F3N3O3. The summed E-state index contributed by atoms with van der Waals surface area (Å²) in [5.41, 5.74) is -0.791. The number of hydrogen-bond acceptors (Lipinski definition) is 4. The lowest BCUT2D eigenvalue weighted by atomic mass is 10.1. The highest BCUT2D eigenvalue weighted by Gasteiger charge is 2.38. The molecule has 2 N–H and O–H groups in total. The number of halogens is 3. The molecule has 0 bridgehead atoms. The maximum Gasteiger partial charge on any atom is 0.423 e. The smallest absolute Gasteiger partial charge is 0.290 e. The van der Waals surface area contributed by atoms with Crippen LogP contribution in [0.5, 0.6) is 0 Å². The number of alkyl halides is 3. The van der Waals surface area contributed by atoms with Crippen LogP contribution in [-0.2, 0) is 6.18 Å². The van der Waals surface area contributed by atoms with Crippen LogP contribution in [0.1, 0.15) is 19.4 Å². The maximum atomic E-state index is 12.7. The third kappa shape index (κ3) is 3.67. The summed E-state index contributed by atoms with van der Waals surface area (Å²) in [6.45, 7) is 3.33. The van der Waals surface area contributed by atoms with Crippen molar-refractivity contribution in [1.29, 1.82) is 0 Å². The van der Waals surface area contributed by atoms with Gasteiger partial charge in [0.25, 0.3) is 5.69 Å². The number of nitrogens with one attached hydrogen (secondary N) is 1. The highest BCUT2D eigenvalue weighted by atomic mass is 19.4. The molecule has 0 aliphatic carbocycles. The van der Waals surface area contributed by atoms with Gasteiger partial charge in [0.2, 0.25) is 0 Å². The lowest BCUT2D eigenvalue weighted by Gasteiger charge is -2.10. The summed E-state index contributed by atoms with van der Waals surface area (Å²) < 4.78 is 38.2. The minimum absolute atomic E-state index is 0.0481. The Hall–Kier alpha value is -2.16. The van der Waals surface area contributed by atoms with Crippen molar-refractivity contribution in [2.75, 3.05) is 0 Å². The third-order valence-corrected chi connectivity index (χ3v) is 2.39. The molecule has 1 aromatic rings. The standard InChI is InChI=1S/C11H12F3N3O3/c1-6(2)10(16-18)15-7-3-4-9(17(19)20)8(5-7)11(12,13)14/h3-6,18H,1-2H3,(H,15,16). The number of nitro groups is 1. The molecule has 0 saturated heterocycles. The van der Waals surface area contributed by atoms with E-state index in [0.717, 1.165) is 12.1 Å². The fraction of sp³-hybridized carbons (Fsp3) is 0.364. The van der Waals surface area contributed by atoms with E-state index in [0.29, 0.717) is 6.07 Å². The number of rotatable bonds is 3. The number of hydroxylamine groups is 1. The first-order valence-electron chi connectivity index (χ1n) is 5.51. The summed E-state index contributed by atoms with van der Waals surface area (Å²) in [6, 6.07) is 2.38. The van der Waals surface area contributed by atoms with Crippen molar-refractivity contribution in [2.24, 2.45) is 10.9 Å². The first-order chi connectivity index (χ1) is 9.16. The van der Waals surface area contributed by atoms with Crippen LogP contribution in [0.2, 0.25) is 0 Å². The lowest BCUT2D eigenvalue weighted by Crippen LogP contribution is -2.24. The molecule has 0 atom stereocenters. The third-order valence-electron chi connectivity index (χ3n) is 2.39.